The van der Waals surface area contributed by atoms with Gasteiger partial charge in [-0.25, -0.2) is 4.98 Å². The SMILES string of the molecule is CC(c1cscn1)N1CCN(C)CC1. The normalized spacial score (nSPS) is 22.4. The largest absolute Gasteiger partial charge is 0.304 e. The van der Waals surface area contributed by atoms with Crippen LogP contribution < -0.4 is 0 Å². The van der Waals surface area contributed by atoms with E-state index in [2.05, 4.69) is 34.1 Å². The highest BCUT2D eigenvalue weighted by molar-refractivity contribution is 7.07. The molecule has 1 aromatic heterocycles. The van der Waals surface area contributed by atoms with Gasteiger partial charge in [-0.1, -0.05) is 0 Å². The molecule has 0 aliphatic carbocycles. The molecule has 3 nitrogen and oxygen atoms in total. The Labute approximate surface area is 89.4 Å². The molecule has 78 valence electrons. The van der Waals surface area contributed by atoms with Crippen LogP contribution in [0.5, 0.6) is 0 Å². The van der Waals surface area contributed by atoms with Crippen LogP contribution in [0.3, 0.4) is 0 Å². The summed E-state index contributed by atoms with van der Waals surface area (Å²) in [4.78, 5) is 9.26. The summed E-state index contributed by atoms with van der Waals surface area (Å²) >= 11 is 1.68. The van der Waals surface area contributed by atoms with E-state index >= 15 is 0 Å². The highest BCUT2D eigenvalue weighted by Gasteiger charge is 2.20. The van der Waals surface area contributed by atoms with Gasteiger partial charge in [-0.3, -0.25) is 4.90 Å². The molecule has 14 heavy (non-hydrogen) atoms. The van der Waals surface area contributed by atoms with Crippen molar-refractivity contribution in [1.29, 1.82) is 0 Å². The molecule has 1 saturated heterocycles. The molecule has 2 heterocycles. The lowest BCUT2D eigenvalue weighted by atomic mass is 10.2. The van der Waals surface area contributed by atoms with Crippen molar-refractivity contribution in [2.45, 2.75) is 13.0 Å². The monoisotopic (exact) mass is 211 g/mol. The second-order valence-electron chi connectivity index (χ2n) is 3.93. The van der Waals surface area contributed by atoms with E-state index in [1.54, 1.807) is 11.3 Å². The Kier molecular flexibility index (Phi) is 3.15. The second-order valence-corrected chi connectivity index (χ2v) is 4.65. The molecule has 1 unspecified atom stereocenters. The first-order chi connectivity index (χ1) is 6.77. The summed E-state index contributed by atoms with van der Waals surface area (Å²) < 4.78 is 0. The number of rotatable bonds is 2. The summed E-state index contributed by atoms with van der Waals surface area (Å²) in [6.07, 6.45) is 0. The topological polar surface area (TPSA) is 19.4 Å². The van der Waals surface area contributed by atoms with Crippen LogP contribution >= 0.6 is 11.3 Å². The Bertz CT molecular complexity index is 265. The average molecular weight is 211 g/mol. The van der Waals surface area contributed by atoms with Gasteiger partial charge in [-0.05, 0) is 14.0 Å². The van der Waals surface area contributed by atoms with E-state index in [9.17, 15) is 0 Å². The second kappa shape index (κ2) is 4.38. The van der Waals surface area contributed by atoms with Crippen LogP contribution in [-0.4, -0.2) is 48.0 Å². The van der Waals surface area contributed by atoms with Gasteiger partial charge in [0, 0.05) is 31.6 Å². The van der Waals surface area contributed by atoms with Crippen molar-refractivity contribution in [3.63, 3.8) is 0 Å². The van der Waals surface area contributed by atoms with Crippen molar-refractivity contribution in [3.8, 4) is 0 Å². The van der Waals surface area contributed by atoms with Crippen LogP contribution in [-0.2, 0) is 0 Å². The first-order valence-corrected chi connectivity index (χ1v) is 6.02. The fraction of sp³-hybridized carbons (Fsp3) is 0.700. The van der Waals surface area contributed by atoms with Gasteiger partial charge in [-0.15, -0.1) is 11.3 Å². The first-order valence-electron chi connectivity index (χ1n) is 5.08. The Hall–Kier alpha value is -0.450. The lowest BCUT2D eigenvalue weighted by molar-refractivity contribution is 0.117. The van der Waals surface area contributed by atoms with E-state index < -0.39 is 0 Å². The van der Waals surface area contributed by atoms with Gasteiger partial charge in [0.15, 0.2) is 0 Å². The van der Waals surface area contributed by atoms with E-state index in [1.807, 2.05) is 5.51 Å². The van der Waals surface area contributed by atoms with Crippen LogP contribution in [0, 0.1) is 0 Å². The molecule has 0 spiro atoms. The molecule has 0 amide bonds. The zero-order valence-electron chi connectivity index (χ0n) is 8.81. The third-order valence-electron chi connectivity index (χ3n) is 2.97. The van der Waals surface area contributed by atoms with Gasteiger partial charge < -0.3 is 4.90 Å². The molecule has 1 aliphatic heterocycles. The fourth-order valence-electron chi connectivity index (χ4n) is 1.82. The third kappa shape index (κ3) is 2.13. The lowest BCUT2D eigenvalue weighted by Crippen LogP contribution is -2.45. The van der Waals surface area contributed by atoms with E-state index in [0.717, 1.165) is 13.1 Å². The maximum absolute atomic E-state index is 4.37. The average Bonchev–Trinajstić information content (AvgIpc) is 2.71. The lowest BCUT2D eigenvalue weighted by Gasteiger charge is -2.35. The van der Waals surface area contributed by atoms with Crippen molar-refractivity contribution in [1.82, 2.24) is 14.8 Å². The molecule has 0 aromatic carbocycles. The van der Waals surface area contributed by atoms with Gasteiger partial charge in [0.1, 0.15) is 0 Å². The van der Waals surface area contributed by atoms with Crippen molar-refractivity contribution in [3.05, 3.63) is 16.6 Å². The van der Waals surface area contributed by atoms with Crippen LogP contribution in [0.25, 0.3) is 0 Å². The Balaban J connectivity index is 1.95. The molecule has 1 aliphatic rings. The summed E-state index contributed by atoms with van der Waals surface area (Å²) in [6, 6.07) is 0.481. The molecule has 2 rings (SSSR count). The molecule has 1 fully saturated rings. The quantitative estimate of drug-likeness (QED) is 0.738. The van der Waals surface area contributed by atoms with Gasteiger partial charge >= 0.3 is 0 Å². The molecule has 0 bridgehead atoms. The molecule has 0 radical (unpaired) electrons. The van der Waals surface area contributed by atoms with Gasteiger partial charge in [0.05, 0.1) is 17.2 Å². The number of piperazine rings is 1. The van der Waals surface area contributed by atoms with Crippen LogP contribution in [0.15, 0.2) is 10.9 Å². The van der Waals surface area contributed by atoms with Crippen molar-refractivity contribution < 1.29 is 0 Å². The minimum Gasteiger partial charge on any atom is -0.304 e. The smallest absolute Gasteiger partial charge is 0.0795 e. The predicted molar refractivity (Wildman–Crippen MR) is 59.6 cm³/mol. The Morgan fingerprint density at radius 2 is 2.07 bits per heavy atom. The molecule has 1 atom stereocenters. The number of thiazole rings is 1. The van der Waals surface area contributed by atoms with Gasteiger partial charge in [-0.2, -0.15) is 0 Å². The maximum Gasteiger partial charge on any atom is 0.0795 e. The van der Waals surface area contributed by atoms with Crippen LogP contribution in [0.1, 0.15) is 18.7 Å². The molecular formula is C10H17N3S. The number of nitrogens with zero attached hydrogens (tertiary/aromatic N) is 3. The number of hydrogen-bond donors (Lipinski definition) is 0. The number of hydrogen-bond acceptors (Lipinski definition) is 4. The fourth-order valence-corrected chi connectivity index (χ4v) is 2.47. The highest BCUT2D eigenvalue weighted by atomic mass is 32.1. The third-order valence-corrected chi connectivity index (χ3v) is 3.57. The van der Waals surface area contributed by atoms with E-state index in [0.29, 0.717) is 6.04 Å². The van der Waals surface area contributed by atoms with Crippen LogP contribution in [0.2, 0.25) is 0 Å². The number of aromatic nitrogens is 1. The zero-order valence-corrected chi connectivity index (χ0v) is 9.63. The summed E-state index contributed by atoms with van der Waals surface area (Å²) in [5, 5.41) is 2.16. The summed E-state index contributed by atoms with van der Waals surface area (Å²) in [5.41, 5.74) is 3.14. The Morgan fingerprint density at radius 3 is 2.64 bits per heavy atom. The highest BCUT2D eigenvalue weighted by Crippen LogP contribution is 2.20. The molecular weight excluding hydrogens is 194 g/mol. The summed E-state index contributed by atoms with van der Waals surface area (Å²) in [6.45, 7) is 6.92. The van der Waals surface area contributed by atoms with E-state index in [-0.39, 0.29) is 0 Å². The summed E-state index contributed by atoms with van der Waals surface area (Å²) in [5.74, 6) is 0. The number of likely N-dealkylation sites (N-methyl/N-ethyl adjacent to an activating group) is 1. The summed E-state index contributed by atoms with van der Waals surface area (Å²) in [7, 11) is 2.19. The maximum atomic E-state index is 4.37. The predicted octanol–water partition coefficient (Wildman–Crippen LogP) is 1.45. The van der Waals surface area contributed by atoms with E-state index in [1.165, 1.54) is 18.8 Å². The molecule has 0 N–H and O–H groups in total. The van der Waals surface area contributed by atoms with Crippen molar-refractivity contribution in [2.24, 2.45) is 0 Å². The standard InChI is InChI=1S/C10H17N3S/c1-9(10-7-14-8-11-10)13-5-3-12(2)4-6-13/h7-9H,3-6H2,1-2H3. The minimum absolute atomic E-state index is 0.481. The van der Waals surface area contributed by atoms with Crippen molar-refractivity contribution in [2.75, 3.05) is 33.2 Å². The molecule has 0 saturated carbocycles. The van der Waals surface area contributed by atoms with Crippen LogP contribution in [0.4, 0.5) is 0 Å². The minimum atomic E-state index is 0.481. The van der Waals surface area contributed by atoms with Crippen molar-refractivity contribution >= 4 is 11.3 Å². The van der Waals surface area contributed by atoms with Gasteiger partial charge in [0.2, 0.25) is 0 Å². The molecule has 1 aromatic rings. The van der Waals surface area contributed by atoms with E-state index in [4.69, 9.17) is 0 Å². The first kappa shape index (κ1) is 10.1. The Morgan fingerprint density at radius 1 is 1.36 bits per heavy atom. The van der Waals surface area contributed by atoms with Gasteiger partial charge in [0.25, 0.3) is 0 Å². The molecule has 4 heteroatoms. The zero-order chi connectivity index (χ0) is 9.97.